The summed E-state index contributed by atoms with van der Waals surface area (Å²) in [6.45, 7) is 6.15. The van der Waals surface area contributed by atoms with E-state index in [2.05, 4.69) is 6.92 Å². The van der Waals surface area contributed by atoms with Crippen molar-refractivity contribution >= 4 is 45.5 Å². The average molecular weight is 434 g/mol. The fourth-order valence-electron chi connectivity index (χ4n) is 4.90. The van der Waals surface area contributed by atoms with Gasteiger partial charge in [-0.2, -0.15) is 0 Å². The van der Waals surface area contributed by atoms with Crippen molar-refractivity contribution in [3.63, 3.8) is 0 Å². The third-order valence-corrected chi connectivity index (χ3v) is 6.39. The summed E-state index contributed by atoms with van der Waals surface area (Å²) in [5, 5.41) is 1.15. The van der Waals surface area contributed by atoms with E-state index in [4.69, 9.17) is 16.0 Å². The Labute approximate surface area is 183 Å². The quantitative estimate of drug-likeness (QED) is 0.310. The lowest BCUT2D eigenvalue weighted by Gasteiger charge is -2.43. The van der Waals surface area contributed by atoms with Crippen LogP contribution in [0.1, 0.15) is 54.6 Å². The van der Waals surface area contributed by atoms with E-state index in [1.165, 1.54) is 12.1 Å². The highest BCUT2D eigenvalue weighted by molar-refractivity contribution is 6.38. The molecule has 0 aliphatic carbocycles. The molecule has 1 atom stereocenters. The lowest BCUT2D eigenvalue weighted by molar-refractivity contribution is -0.114. The number of para-hydroxylation sites is 1. The van der Waals surface area contributed by atoms with Gasteiger partial charge < -0.3 is 9.32 Å². The standard InChI is InChI=1S/C25H20ClNO4/c1-13-12-25(2,3)27-22-16(13)9-15(26)10-17(22)18(23(27)29)11-20(28)19-8-14-6-4-5-7-21(14)31-24(19)30/h4-11,13H,12H2,1-3H3. The van der Waals surface area contributed by atoms with E-state index in [9.17, 15) is 14.4 Å². The third kappa shape index (κ3) is 2.95. The molecule has 0 bridgehead atoms. The number of halogens is 1. The van der Waals surface area contributed by atoms with E-state index in [-0.39, 0.29) is 23.0 Å². The molecule has 5 nitrogen and oxygen atoms in total. The largest absolute Gasteiger partial charge is 0.422 e. The Morgan fingerprint density at radius 1 is 1.19 bits per heavy atom. The van der Waals surface area contributed by atoms with E-state index in [1.54, 1.807) is 35.2 Å². The van der Waals surface area contributed by atoms with E-state index < -0.39 is 16.9 Å². The van der Waals surface area contributed by atoms with Crippen LogP contribution in [0, 0.1) is 0 Å². The summed E-state index contributed by atoms with van der Waals surface area (Å²) >= 11 is 6.37. The number of nitrogens with zero attached hydrogens (tertiary/aromatic N) is 1. The Kier molecular flexibility index (Phi) is 4.25. The molecule has 0 saturated carbocycles. The number of carbonyl (C=O) groups excluding carboxylic acids is 2. The van der Waals surface area contributed by atoms with Gasteiger partial charge in [-0.25, -0.2) is 4.79 Å². The number of anilines is 1. The number of hydrogen-bond donors (Lipinski definition) is 0. The van der Waals surface area contributed by atoms with Gasteiger partial charge in [0.25, 0.3) is 5.91 Å². The maximum atomic E-state index is 13.4. The second-order valence-electron chi connectivity index (χ2n) is 8.86. The molecule has 31 heavy (non-hydrogen) atoms. The number of carbonyl (C=O) groups is 2. The Hall–Kier alpha value is -3.18. The molecule has 5 rings (SSSR count). The van der Waals surface area contributed by atoms with Crippen molar-refractivity contribution in [1.82, 2.24) is 0 Å². The molecule has 1 unspecified atom stereocenters. The van der Waals surface area contributed by atoms with Crippen molar-refractivity contribution in [2.24, 2.45) is 0 Å². The topological polar surface area (TPSA) is 67.6 Å². The zero-order chi connectivity index (χ0) is 22.1. The number of ketones is 1. The molecule has 1 aromatic heterocycles. The van der Waals surface area contributed by atoms with Gasteiger partial charge in [-0.1, -0.05) is 36.7 Å². The maximum absolute atomic E-state index is 13.4. The van der Waals surface area contributed by atoms with Crippen molar-refractivity contribution in [2.75, 3.05) is 4.90 Å². The molecule has 0 spiro atoms. The van der Waals surface area contributed by atoms with Gasteiger partial charge in [0, 0.05) is 21.5 Å². The molecule has 0 radical (unpaired) electrons. The minimum absolute atomic E-state index is 0.108. The van der Waals surface area contributed by atoms with Crippen LogP contribution in [0.25, 0.3) is 16.5 Å². The summed E-state index contributed by atoms with van der Waals surface area (Å²) in [5.41, 5.74) is 1.84. The Balaban J connectivity index is 1.68. The number of hydrogen-bond acceptors (Lipinski definition) is 4. The third-order valence-electron chi connectivity index (χ3n) is 6.18. The van der Waals surface area contributed by atoms with E-state index in [0.717, 1.165) is 17.7 Å². The van der Waals surface area contributed by atoms with Crippen molar-refractivity contribution in [1.29, 1.82) is 0 Å². The molecule has 3 aromatic rings. The van der Waals surface area contributed by atoms with Crippen molar-refractivity contribution in [3.05, 3.63) is 80.7 Å². The van der Waals surface area contributed by atoms with Gasteiger partial charge in [0.2, 0.25) is 0 Å². The highest BCUT2D eigenvalue weighted by Crippen LogP contribution is 2.52. The first-order valence-corrected chi connectivity index (χ1v) is 10.5. The van der Waals surface area contributed by atoms with Crippen LogP contribution in [-0.2, 0) is 4.79 Å². The Morgan fingerprint density at radius 3 is 2.71 bits per heavy atom. The predicted molar refractivity (Wildman–Crippen MR) is 121 cm³/mol. The number of fused-ring (bicyclic) bond motifs is 1. The van der Waals surface area contributed by atoms with Crippen molar-refractivity contribution in [3.8, 4) is 0 Å². The summed E-state index contributed by atoms with van der Waals surface area (Å²) in [5.74, 6) is -0.606. The normalized spacial score (nSPS) is 20.4. The van der Waals surface area contributed by atoms with Crippen LogP contribution >= 0.6 is 11.6 Å². The van der Waals surface area contributed by atoms with Crippen LogP contribution < -0.4 is 10.5 Å². The fraction of sp³-hybridized carbons (Fsp3) is 0.240. The molecule has 1 amide bonds. The molecule has 156 valence electrons. The van der Waals surface area contributed by atoms with Crippen LogP contribution in [-0.4, -0.2) is 17.2 Å². The first kappa shape index (κ1) is 19.8. The van der Waals surface area contributed by atoms with Gasteiger partial charge >= 0.3 is 5.63 Å². The van der Waals surface area contributed by atoms with Crippen LogP contribution in [0.15, 0.2) is 57.8 Å². The SMILES string of the molecule is CC1CC(C)(C)N2C(=O)C(=CC(=O)c3cc4ccccc4oc3=O)c3cc(Cl)cc1c32. The van der Waals surface area contributed by atoms with Gasteiger partial charge in [0.1, 0.15) is 11.1 Å². The summed E-state index contributed by atoms with van der Waals surface area (Å²) in [7, 11) is 0. The van der Waals surface area contributed by atoms with Gasteiger partial charge in [-0.15, -0.1) is 0 Å². The molecule has 2 aromatic carbocycles. The highest BCUT2D eigenvalue weighted by Gasteiger charge is 2.47. The summed E-state index contributed by atoms with van der Waals surface area (Å²) in [4.78, 5) is 40.7. The van der Waals surface area contributed by atoms with Crippen LogP contribution in [0.4, 0.5) is 5.69 Å². The molecule has 6 heteroatoms. The van der Waals surface area contributed by atoms with Gasteiger partial charge in [0.15, 0.2) is 5.78 Å². The van der Waals surface area contributed by atoms with Crippen LogP contribution in [0.3, 0.4) is 0 Å². The second-order valence-corrected chi connectivity index (χ2v) is 9.29. The minimum Gasteiger partial charge on any atom is -0.422 e. The Bertz CT molecular complexity index is 1380. The van der Waals surface area contributed by atoms with Crippen molar-refractivity contribution in [2.45, 2.75) is 38.6 Å². The lowest BCUT2D eigenvalue weighted by Crippen LogP contribution is -2.49. The smallest absolute Gasteiger partial charge is 0.347 e. The van der Waals surface area contributed by atoms with Crippen LogP contribution in [0.2, 0.25) is 5.02 Å². The molecule has 0 saturated heterocycles. The number of rotatable bonds is 2. The monoisotopic (exact) mass is 433 g/mol. The number of benzene rings is 2. The predicted octanol–water partition coefficient (Wildman–Crippen LogP) is 5.35. The lowest BCUT2D eigenvalue weighted by atomic mass is 9.80. The highest BCUT2D eigenvalue weighted by atomic mass is 35.5. The number of amides is 1. The van der Waals surface area contributed by atoms with Crippen LogP contribution in [0.5, 0.6) is 0 Å². The molecular formula is C25H20ClNO4. The van der Waals surface area contributed by atoms with E-state index >= 15 is 0 Å². The average Bonchev–Trinajstić information content (AvgIpc) is 2.98. The van der Waals surface area contributed by atoms with Gasteiger partial charge in [-0.05, 0) is 62.1 Å². The summed E-state index contributed by atoms with van der Waals surface area (Å²) < 4.78 is 5.29. The molecule has 3 heterocycles. The number of allylic oxidation sites excluding steroid dienone is 1. The van der Waals surface area contributed by atoms with E-state index in [1.807, 2.05) is 19.9 Å². The van der Waals surface area contributed by atoms with E-state index in [0.29, 0.717) is 21.6 Å². The first-order chi connectivity index (χ1) is 14.7. The second kappa shape index (κ2) is 6.66. The van der Waals surface area contributed by atoms with Gasteiger partial charge in [-0.3, -0.25) is 9.59 Å². The summed E-state index contributed by atoms with van der Waals surface area (Å²) in [6, 6.07) is 12.1. The van der Waals surface area contributed by atoms with Crippen molar-refractivity contribution < 1.29 is 14.0 Å². The zero-order valence-corrected chi connectivity index (χ0v) is 18.1. The van der Waals surface area contributed by atoms with Gasteiger partial charge in [0.05, 0.1) is 11.3 Å². The Morgan fingerprint density at radius 2 is 1.94 bits per heavy atom. The molecular weight excluding hydrogens is 414 g/mol. The zero-order valence-electron chi connectivity index (χ0n) is 17.4. The fourth-order valence-corrected chi connectivity index (χ4v) is 5.12. The molecule has 0 fully saturated rings. The first-order valence-electron chi connectivity index (χ1n) is 10.1. The molecule has 0 N–H and O–H groups in total. The summed E-state index contributed by atoms with van der Waals surface area (Å²) in [6.07, 6.45) is 2.02. The molecule has 2 aliphatic heterocycles. The minimum atomic E-state index is -0.729. The maximum Gasteiger partial charge on any atom is 0.347 e. The molecule has 2 aliphatic rings.